The number of rotatable bonds is 3. The second-order valence-electron chi connectivity index (χ2n) is 5.26. The van der Waals surface area contributed by atoms with Crippen LogP contribution in [-0.4, -0.2) is 54.5 Å². The first-order valence-corrected chi connectivity index (χ1v) is 6.93. The first-order valence-electron chi connectivity index (χ1n) is 6.93. The second-order valence-corrected chi connectivity index (χ2v) is 5.26. The highest BCUT2D eigenvalue weighted by molar-refractivity contribution is 5.74. The largest absolute Gasteiger partial charge is 0.465 e. The molecule has 1 aromatic carbocycles. The summed E-state index contributed by atoms with van der Waals surface area (Å²) in [7, 11) is 3.73. The maximum Gasteiger partial charge on any atom is 0.407 e. The smallest absolute Gasteiger partial charge is 0.407 e. The SMILES string of the molecule is CN(C)C=Nc1ccc(C2=CCN(C(=O)O)CC2)cc1C#N. The molecule has 0 atom stereocenters. The zero-order chi connectivity index (χ0) is 16.1. The number of amides is 1. The quantitative estimate of drug-likeness (QED) is 0.687. The molecule has 1 aliphatic rings. The van der Waals surface area contributed by atoms with Crippen LogP contribution in [0.25, 0.3) is 5.57 Å². The van der Waals surface area contributed by atoms with Crippen molar-refractivity contribution in [3.63, 3.8) is 0 Å². The van der Waals surface area contributed by atoms with E-state index in [2.05, 4.69) is 11.1 Å². The van der Waals surface area contributed by atoms with Crippen molar-refractivity contribution in [1.29, 1.82) is 5.26 Å². The van der Waals surface area contributed by atoms with Crippen molar-refractivity contribution in [2.45, 2.75) is 6.42 Å². The Hall–Kier alpha value is -2.81. The molecule has 2 rings (SSSR count). The van der Waals surface area contributed by atoms with Crippen LogP contribution in [0.3, 0.4) is 0 Å². The Labute approximate surface area is 129 Å². The third-order valence-electron chi connectivity index (χ3n) is 3.40. The van der Waals surface area contributed by atoms with Crippen molar-refractivity contribution in [1.82, 2.24) is 9.80 Å². The summed E-state index contributed by atoms with van der Waals surface area (Å²) in [4.78, 5) is 18.3. The maximum absolute atomic E-state index is 10.9. The van der Waals surface area contributed by atoms with Crippen LogP contribution in [0.4, 0.5) is 10.5 Å². The average Bonchev–Trinajstić information content (AvgIpc) is 2.52. The molecule has 1 amide bonds. The lowest BCUT2D eigenvalue weighted by Crippen LogP contribution is -2.33. The summed E-state index contributed by atoms with van der Waals surface area (Å²) in [6, 6.07) is 7.71. The van der Waals surface area contributed by atoms with Gasteiger partial charge in [0.15, 0.2) is 0 Å². The summed E-state index contributed by atoms with van der Waals surface area (Å²) in [5.74, 6) is 0. The van der Waals surface area contributed by atoms with Crippen LogP contribution in [0, 0.1) is 11.3 Å². The van der Waals surface area contributed by atoms with Crippen molar-refractivity contribution in [3.8, 4) is 6.07 Å². The Kier molecular flexibility index (Phi) is 4.79. The summed E-state index contributed by atoms with van der Waals surface area (Å²) in [5.41, 5.74) is 3.16. The molecule has 1 aliphatic heterocycles. The molecular formula is C16H18N4O2. The van der Waals surface area contributed by atoms with Gasteiger partial charge in [0, 0.05) is 27.2 Å². The molecule has 0 saturated carbocycles. The van der Waals surface area contributed by atoms with Gasteiger partial charge in [-0.05, 0) is 29.7 Å². The molecule has 0 bridgehead atoms. The van der Waals surface area contributed by atoms with E-state index in [1.54, 1.807) is 11.2 Å². The molecule has 1 N–H and O–H groups in total. The van der Waals surface area contributed by atoms with Crippen LogP contribution in [0.15, 0.2) is 29.3 Å². The minimum absolute atomic E-state index is 0.382. The van der Waals surface area contributed by atoms with E-state index in [1.165, 1.54) is 4.90 Å². The van der Waals surface area contributed by atoms with Gasteiger partial charge < -0.3 is 14.9 Å². The van der Waals surface area contributed by atoms with E-state index < -0.39 is 6.09 Å². The van der Waals surface area contributed by atoms with Gasteiger partial charge >= 0.3 is 6.09 Å². The van der Waals surface area contributed by atoms with Crippen LogP contribution >= 0.6 is 0 Å². The molecule has 6 heteroatoms. The normalized spacial score (nSPS) is 14.6. The highest BCUT2D eigenvalue weighted by Gasteiger charge is 2.17. The molecule has 0 fully saturated rings. The molecule has 6 nitrogen and oxygen atoms in total. The molecule has 22 heavy (non-hydrogen) atoms. The van der Waals surface area contributed by atoms with Crippen LogP contribution in [0.1, 0.15) is 17.5 Å². The van der Waals surface area contributed by atoms with Crippen molar-refractivity contribution in [3.05, 3.63) is 35.4 Å². The van der Waals surface area contributed by atoms with Gasteiger partial charge in [0.2, 0.25) is 0 Å². The first kappa shape index (κ1) is 15.6. The summed E-state index contributed by atoms with van der Waals surface area (Å²) < 4.78 is 0. The van der Waals surface area contributed by atoms with E-state index in [1.807, 2.05) is 38.4 Å². The van der Waals surface area contributed by atoms with Crippen LogP contribution in [0.2, 0.25) is 0 Å². The number of carboxylic acid groups (broad SMARTS) is 1. The molecule has 0 spiro atoms. The van der Waals surface area contributed by atoms with Gasteiger partial charge in [0.1, 0.15) is 6.07 Å². The van der Waals surface area contributed by atoms with Crippen molar-refractivity contribution < 1.29 is 9.90 Å². The number of carbonyl (C=O) groups is 1. The highest BCUT2D eigenvalue weighted by Crippen LogP contribution is 2.27. The third kappa shape index (κ3) is 3.64. The lowest BCUT2D eigenvalue weighted by Gasteiger charge is -2.24. The second kappa shape index (κ2) is 6.76. The van der Waals surface area contributed by atoms with Gasteiger partial charge in [0.25, 0.3) is 0 Å². The van der Waals surface area contributed by atoms with E-state index >= 15 is 0 Å². The highest BCUT2D eigenvalue weighted by atomic mass is 16.4. The zero-order valence-corrected chi connectivity index (χ0v) is 12.7. The molecular weight excluding hydrogens is 280 g/mol. The van der Waals surface area contributed by atoms with E-state index in [-0.39, 0.29) is 0 Å². The lowest BCUT2D eigenvalue weighted by atomic mass is 9.97. The van der Waals surface area contributed by atoms with E-state index in [4.69, 9.17) is 5.11 Å². The summed E-state index contributed by atoms with van der Waals surface area (Å²) >= 11 is 0. The molecule has 0 aliphatic carbocycles. The third-order valence-corrected chi connectivity index (χ3v) is 3.40. The van der Waals surface area contributed by atoms with Crippen LogP contribution in [0.5, 0.6) is 0 Å². The fraction of sp³-hybridized carbons (Fsp3) is 0.312. The molecule has 1 aromatic rings. The minimum Gasteiger partial charge on any atom is -0.465 e. The Morgan fingerprint density at radius 2 is 2.27 bits per heavy atom. The number of hydrogen-bond acceptors (Lipinski definition) is 3. The molecule has 1 heterocycles. The molecule has 114 valence electrons. The predicted octanol–water partition coefficient (Wildman–Crippen LogP) is 2.55. The maximum atomic E-state index is 10.9. The number of nitriles is 1. The number of nitrogens with zero attached hydrogens (tertiary/aromatic N) is 4. The first-order chi connectivity index (χ1) is 10.5. The minimum atomic E-state index is -0.901. The van der Waals surface area contributed by atoms with E-state index in [0.717, 1.165) is 11.1 Å². The van der Waals surface area contributed by atoms with Crippen LogP contribution in [-0.2, 0) is 0 Å². The Morgan fingerprint density at radius 1 is 1.50 bits per heavy atom. The Balaban J connectivity index is 2.24. The van der Waals surface area contributed by atoms with Gasteiger partial charge in [-0.3, -0.25) is 0 Å². The van der Waals surface area contributed by atoms with Crippen molar-refractivity contribution in [2.24, 2.45) is 4.99 Å². The fourth-order valence-electron chi connectivity index (χ4n) is 2.22. The molecule has 0 radical (unpaired) electrons. The molecule has 0 saturated heterocycles. The zero-order valence-electron chi connectivity index (χ0n) is 12.7. The number of benzene rings is 1. The van der Waals surface area contributed by atoms with Gasteiger partial charge in [-0.1, -0.05) is 12.1 Å². The van der Waals surface area contributed by atoms with Gasteiger partial charge in [-0.15, -0.1) is 0 Å². The van der Waals surface area contributed by atoms with Gasteiger partial charge in [-0.25, -0.2) is 9.79 Å². The topological polar surface area (TPSA) is 79.9 Å². The van der Waals surface area contributed by atoms with E-state index in [9.17, 15) is 10.1 Å². The Morgan fingerprint density at radius 3 is 2.82 bits per heavy atom. The summed E-state index contributed by atoms with van der Waals surface area (Å²) in [6.07, 6.45) is 3.30. The van der Waals surface area contributed by atoms with Crippen molar-refractivity contribution >= 4 is 23.7 Å². The Bertz CT molecular complexity index is 671. The number of hydrogen-bond donors (Lipinski definition) is 1. The molecule has 0 aromatic heterocycles. The lowest BCUT2D eigenvalue weighted by molar-refractivity contribution is 0.150. The standard InChI is InChI=1S/C16H18N4O2/c1-19(2)11-18-15-4-3-13(9-14(15)10-17)12-5-7-20(8-6-12)16(21)22/h3-5,9,11H,6-8H2,1-2H3,(H,21,22). The summed E-state index contributed by atoms with van der Waals surface area (Å²) in [6.45, 7) is 0.858. The van der Waals surface area contributed by atoms with Gasteiger partial charge in [0.05, 0.1) is 17.6 Å². The van der Waals surface area contributed by atoms with Gasteiger partial charge in [-0.2, -0.15) is 5.26 Å². The molecule has 0 unspecified atom stereocenters. The predicted molar refractivity (Wildman–Crippen MR) is 85.2 cm³/mol. The van der Waals surface area contributed by atoms with E-state index in [0.29, 0.717) is 30.8 Å². The average molecular weight is 298 g/mol. The van der Waals surface area contributed by atoms with Crippen molar-refractivity contribution in [2.75, 3.05) is 27.2 Å². The summed E-state index contributed by atoms with van der Waals surface area (Å²) in [5, 5.41) is 18.2. The monoisotopic (exact) mass is 298 g/mol. The number of aliphatic imine (C=N–C) groups is 1. The fourth-order valence-corrected chi connectivity index (χ4v) is 2.22. The van der Waals surface area contributed by atoms with Crippen LogP contribution < -0.4 is 0 Å².